The van der Waals surface area contributed by atoms with Gasteiger partial charge in [-0.1, -0.05) is 11.0 Å². The Labute approximate surface area is 744 Å². The van der Waals surface area contributed by atoms with Crippen LogP contribution in [0, 0.1) is 12.3 Å². The maximum Gasteiger partial charge on any atom is 1.00 e. The summed E-state index contributed by atoms with van der Waals surface area (Å²) in [6.07, 6.45) is -41.0. The van der Waals surface area contributed by atoms with Crippen LogP contribution < -0.4 is 172 Å². The predicted octanol–water partition coefficient (Wildman–Crippen LogP) is -26.0. The molecule has 69 heteroatoms. The number of azide groups is 1. The molecule has 117 heavy (non-hydrogen) atoms. The average molecular weight is 1870 g/mol. The van der Waals surface area contributed by atoms with Crippen LogP contribution in [-0.2, 0) is 101 Å². The molecule has 9 heterocycles. The van der Waals surface area contributed by atoms with Crippen LogP contribution in [0.3, 0.4) is 0 Å². The SMILES string of the molecule is C#CCOC[C@H]1OC(OP(=O)(O)OP(=O)(O)OC[C@H]2O[C@@H](n3ccc(=O)[nH]c3=O)C(O)[C@H]2O)[C@H](O)[C@@H](O)[C@H]1O.O=c1ccn(C2OC(COP(=O)([O-])OP(=O)([O-])OC3OC(CS)C(O)C(O)C3O)C(O)C2O)c(=O)[nH]1.[N-]=[N+]=NCC1OC(OP(=O)([O-])OP(=O)([O-])OCC2OC(n3ccc(=O)[nH]c3=O)C(O)C2O)C(O)C(O)C1O.[Na+].[Na+].[Na+].[Na+]. The van der Waals surface area contributed by atoms with Crippen molar-refractivity contribution >= 4 is 59.6 Å². The zero-order valence-corrected chi connectivity index (χ0v) is 74.3. The van der Waals surface area contributed by atoms with Gasteiger partial charge in [0, 0.05) is 47.5 Å². The molecule has 0 amide bonds. The zero-order valence-electron chi connectivity index (χ0n) is 60.1. The van der Waals surface area contributed by atoms with Crippen LogP contribution in [0.4, 0.5) is 0 Å². The van der Waals surface area contributed by atoms with Gasteiger partial charge in [0.25, 0.3) is 48.0 Å². The van der Waals surface area contributed by atoms with Gasteiger partial charge in [-0.3, -0.25) is 79.4 Å². The number of aromatic amines is 3. The van der Waals surface area contributed by atoms with Gasteiger partial charge in [0.15, 0.2) is 37.6 Å². The Hall–Kier alpha value is -0.840. The Kier molecular flexibility index (Phi) is 44.6. The third kappa shape index (κ3) is 30.4. The van der Waals surface area contributed by atoms with Crippen molar-refractivity contribution in [3.05, 3.63) is 110 Å². The van der Waals surface area contributed by atoms with Crippen molar-refractivity contribution < 1.29 is 325 Å². The van der Waals surface area contributed by atoms with Crippen molar-refractivity contribution in [3.63, 3.8) is 0 Å². The number of hydrogen-bond acceptors (Lipinski definition) is 49. The summed E-state index contributed by atoms with van der Waals surface area (Å²) in [6, 6.07) is 2.76. The Morgan fingerprint density at radius 1 is 0.436 bits per heavy atom. The van der Waals surface area contributed by atoms with E-state index in [-0.39, 0.29) is 131 Å². The molecule has 0 spiro atoms. The zero-order chi connectivity index (χ0) is 84.5. The fourth-order valence-corrected chi connectivity index (χ4v) is 17.0. The van der Waals surface area contributed by atoms with E-state index in [4.69, 9.17) is 45.1 Å². The molecule has 26 unspecified atom stereocenters. The van der Waals surface area contributed by atoms with Crippen molar-refractivity contribution in [3.8, 4) is 12.3 Å². The van der Waals surface area contributed by atoms with Gasteiger partial charge in [0.2, 0.25) is 0 Å². The molecule has 6 aliphatic rings. The summed E-state index contributed by atoms with van der Waals surface area (Å²) in [5, 5.41) is 153. The van der Waals surface area contributed by atoms with Crippen LogP contribution in [0.15, 0.2) is 70.7 Å². The Bertz CT molecular complexity index is 4530. The number of H-pyrrole nitrogens is 3. The number of phosphoric ester groups is 6. The van der Waals surface area contributed by atoms with E-state index in [1.54, 1.807) is 0 Å². The van der Waals surface area contributed by atoms with E-state index in [0.29, 0.717) is 9.13 Å². The van der Waals surface area contributed by atoms with Crippen molar-refractivity contribution in [2.24, 2.45) is 5.11 Å². The van der Waals surface area contributed by atoms with Crippen LogP contribution in [-0.4, -0.2) is 307 Å². The molecule has 6 saturated heterocycles. The number of phosphoric acid groups is 6. The standard InChI is InChI=1S/C18H26N2O17P2.C15H23N5O16P2.C15H24N2O16P2S.4Na/c1-2-5-32-6-8-11(22)13(24)15(26)17(35-8)36-39(30,31)37-38(28,29)33-7-9-12(23)14(25)16(34-9)20-4-3-10(21)19-18(20)27;16-19-17-3-5-8(22)10(24)12(26)14(34-5)35-38(30,31)36-37(28,29)32-4-6-9(23)11(25)13(33-6)20-2-1-7(21)18-15(20)27;18-7-1-2-17(15(24)16-7)13-11(22)8(19)5(30-13)3-29-34(25,26)33-35(27,28)32-14-12(23)10(21)9(20)6(4-36)31-14;;;;/h1,3-4,8-9,11-17,22-26H,5-7H2,(H,28,29)(H,30,31)(H,19,21,27);1-2,5-6,8-14,22-26H,3-4H2,(H,28,29)(H,30,31)(H,18,21,27);1-2,5-6,8-14,19-23,36H,3-4H2,(H,25,26)(H,27,28)(H,16,18,24);;;;/q;;;4*+1/p-4/t8-,9-,11+,12+,13+,14?,15-,16-,17?;;;;;;/m1....../s1. The number of thiol groups is 1. The van der Waals surface area contributed by atoms with E-state index in [1.165, 1.54) is 0 Å². The molecule has 0 aromatic carbocycles. The predicted molar refractivity (Wildman–Crippen MR) is 344 cm³/mol. The summed E-state index contributed by atoms with van der Waals surface area (Å²) in [4.78, 5) is 145. The van der Waals surface area contributed by atoms with Crippen molar-refractivity contribution in [2.45, 2.75) is 166 Å². The number of nitrogens with one attached hydrogen (secondary N) is 3. The van der Waals surface area contributed by atoms with Gasteiger partial charge in [-0.25, -0.2) is 32.1 Å². The Balaban J connectivity index is 0.000000447. The van der Waals surface area contributed by atoms with Crippen molar-refractivity contribution in [1.82, 2.24) is 28.7 Å². The maximum absolute atomic E-state index is 12.3. The number of aliphatic hydroxyl groups is 15. The number of nitrogens with zero attached hydrogens (tertiary/aromatic N) is 6. The second kappa shape index (κ2) is 47.3. The van der Waals surface area contributed by atoms with Crippen LogP contribution in [0.5, 0.6) is 0 Å². The molecule has 9 rings (SSSR count). The summed E-state index contributed by atoms with van der Waals surface area (Å²) >= 11 is 3.83. The molecule has 6 fully saturated rings. The van der Waals surface area contributed by atoms with Crippen LogP contribution >= 0.6 is 59.6 Å². The van der Waals surface area contributed by atoms with Gasteiger partial charge in [0.05, 0.1) is 45.2 Å². The van der Waals surface area contributed by atoms with E-state index < -0.39 is 279 Å². The van der Waals surface area contributed by atoms with E-state index in [9.17, 15) is 162 Å². The molecule has 20 N–H and O–H groups in total. The summed E-state index contributed by atoms with van der Waals surface area (Å²) < 4.78 is 149. The average Bonchev–Trinajstić information content (AvgIpc) is 1.42. The molecule has 640 valence electrons. The normalized spacial score (nSPS) is 35.8. The van der Waals surface area contributed by atoms with Crippen molar-refractivity contribution in [2.75, 3.05) is 45.3 Å². The van der Waals surface area contributed by atoms with E-state index >= 15 is 0 Å². The fourth-order valence-electron chi connectivity index (χ4n) is 10.4. The molecule has 33 atom stereocenters. The quantitative estimate of drug-likeness (QED) is 0.00431. The fraction of sp³-hybridized carbons (Fsp3) is 0.708. The van der Waals surface area contributed by atoms with Crippen LogP contribution in [0.25, 0.3) is 10.4 Å². The molecule has 0 bridgehead atoms. The molecular formula is C48H69N9Na4O49P6S. The van der Waals surface area contributed by atoms with Gasteiger partial charge in [-0.05, 0) is 5.53 Å². The number of terminal acetylenes is 1. The largest absolute Gasteiger partial charge is 1.00 e. The van der Waals surface area contributed by atoms with Gasteiger partial charge in [-0.2, -0.15) is 16.9 Å². The molecule has 58 nitrogen and oxygen atoms in total. The first-order valence-corrected chi connectivity index (χ1v) is 40.7. The first-order valence-electron chi connectivity index (χ1n) is 31.2. The van der Waals surface area contributed by atoms with E-state index in [0.717, 1.165) is 41.4 Å². The van der Waals surface area contributed by atoms with E-state index in [2.05, 4.69) is 68.6 Å². The maximum atomic E-state index is 12.3. The molecular weight excluding hydrogens is 1800 g/mol. The summed E-state index contributed by atoms with van der Waals surface area (Å²) in [6.45, 7) is -4.53. The first kappa shape index (κ1) is 110. The minimum absolute atomic E-state index is 0. The van der Waals surface area contributed by atoms with Gasteiger partial charge < -0.3 is 148 Å². The topological polar surface area (TPSA) is 900 Å². The van der Waals surface area contributed by atoms with E-state index in [1.807, 2.05) is 15.0 Å². The molecule has 0 radical (unpaired) electrons. The van der Waals surface area contributed by atoms with Gasteiger partial charge >= 0.3 is 151 Å². The molecule has 3 aromatic heterocycles. The second-order valence-corrected chi connectivity index (χ2v) is 32.9. The van der Waals surface area contributed by atoms with Crippen LogP contribution in [0.2, 0.25) is 0 Å². The Morgan fingerprint density at radius 3 is 1.09 bits per heavy atom. The second-order valence-electron chi connectivity index (χ2n) is 23.7. The monoisotopic (exact) mass is 1870 g/mol. The number of aliphatic hydroxyl groups excluding tert-OH is 15. The molecule has 6 aliphatic heterocycles. The minimum atomic E-state index is -5.94. The third-order valence-corrected chi connectivity index (χ3v) is 23.9. The summed E-state index contributed by atoms with van der Waals surface area (Å²) in [5.74, 6) is 1.89. The Morgan fingerprint density at radius 2 is 0.744 bits per heavy atom. The number of aromatic nitrogens is 6. The smallest absolute Gasteiger partial charge is 0.756 e. The third-order valence-electron chi connectivity index (χ3n) is 15.9. The summed E-state index contributed by atoms with van der Waals surface area (Å²) in [7, 11) is -34.5. The number of hydrogen-bond donors (Lipinski definition) is 21. The van der Waals surface area contributed by atoms with Gasteiger partial charge in [-0.15, -0.1) is 6.42 Å². The number of ether oxygens (including phenoxy) is 7. The summed E-state index contributed by atoms with van der Waals surface area (Å²) in [5.41, 5.74) is 3.06. The van der Waals surface area contributed by atoms with Crippen LogP contribution in [0.1, 0.15) is 18.7 Å². The van der Waals surface area contributed by atoms with Gasteiger partial charge in [0.1, 0.15) is 123 Å². The first-order chi connectivity index (χ1) is 52.5. The minimum Gasteiger partial charge on any atom is -0.756 e. The molecule has 3 aromatic rings. The van der Waals surface area contributed by atoms with Crippen molar-refractivity contribution in [1.29, 1.82) is 0 Å². The molecule has 0 saturated carbocycles. The number of rotatable bonds is 30. The molecule has 0 aliphatic carbocycles.